The zero-order chi connectivity index (χ0) is 13.1. The van der Waals surface area contributed by atoms with E-state index < -0.39 is 0 Å². The molecule has 4 rings (SSSR count). The van der Waals surface area contributed by atoms with Gasteiger partial charge in [0.05, 0.1) is 0 Å². The van der Waals surface area contributed by atoms with Crippen LogP contribution in [0.15, 0.2) is 59.4 Å². The van der Waals surface area contributed by atoms with E-state index in [-0.39, 0.29) is 35.3 Å². The van der Waals surface area contributed by atoms with Crippen LogP contribution in [0.4, 0.5) is 0 Å². The molecule has 0 aromatic heterocycles. The first kappa shape index (κ1) is 21.5. The molecule has 0 bridgehead atoms. The zero-order valence-corrected chi connectivity index (χ0v) is 17.1. The van der Waals surface area contributed by atoms with E-state index in [0.29, 0.717) is 7.92 Å². The number of fused-ring (bicyclic) bond motifs is 2. The number of benzene rings is 1. The monoisotopic (exact) mass is 484 g/mol. The van der Waals surface area contributed by atoms with Crippen LogP contribution in [-0.2, 0) is 25.8 Å². The average Bonchev–Trinajstić information content (AvgIpc) is 3.03. The summed E-state index contributed by atoms with van der Waals surface area (Å²) in [6, 6.07) is 14.7. The normalized spacial score (nSPS) is 17.2. The van der Waals surface area contributed by atoms with Crippen LogP contribution in [-0.4, -0.2) is 12.3 Å². The molecule has 1 unspecified atom stereocenters. The van der Waals surface area contributed by atoms with E-state index in [2.05, 4.69) is 61.5 Å². The topological polar surface area (TPSA) is 0 Å². The summed E-state index contributed by atoms with van der Waals surface area (Å²) in [5.74, 6) is 0. The van der Waals surface area contributed by atoms with Gasteiger partial charge in [0, 0.05) is 0 Å². The fourth-order valence-corrected chi connectivity index (χ4v) is 5.06. The molecule has 1 atom stereocenters. The molecule has 0 nitrogen and oxygen atoms in total. The SMILES string of the molecule is CCCP1CC2=CC[C-]=C21.[F-].[F-].[Hf+4].c1ccc2[cH-]ccc2c1. The summed E-state index contributed by atoms with van der Waals surface area (Å²) in [5.41, 5.74) is 1.62. The van der Waals surface area contributed by atoms with E-state index in [9.17, 15) is 0 Å². The van der Waals surface area contributed by atoms with Gasteiger partial charge in [-0.1, -0.05) is 25.6 Å². The van der Waals surface area contributed by atoms with Gasteiger partial charge in [-0.15, -0.1) is 44.0 Å². The van der Waals surface area contributed by atoms with E-state index in [1.165, 1.54) is 29.5 Å². The molecule has 0 N–H and O–H groups in total. The van der Waals surface area contributed by atoms with E-state index in [0.717, 1.165) is 6.42 Å². The standard InChI is InChI=1S/C9H12P.C9H7.2FH.Hf/c1-2-6-10-7-8-4-3-5-9(8)10;1-2-5-9-7-3-6-8(9)4-1;;;/h4H,2-3,6-7H2,1H3;1-7H;2*1H;/q2*-1;;;+4/p-2. The van der Waals surface area contributed by atoms with Crippen LogP contribution in [0.2, 0.25) is 0 Å². The summed E-state index contributed by atoms with van der Waals surface area (Å²) < 4.78 is 0. The third-order valence-electron chi connectivity index (χ3n) is 3.64. The van der Waals surface area contributed by atoms with Gasteiger partial charge in [0.2, 0.25) is 0 Å². The van der Waals surface area contributed by atoms with Gasteiger partial charge in [-0.05, 0) is 6.16 Å². The second-order valence-electron chi connectivity index (χ2n) is 5.04. The molecular weight excluding hydrogens is 464 g/mol. The molecular formula is C18H19F2HfP. The van der Waals surface area contributed by atoms with Crippen LogP contribution in [0.25, 0.3) is 10.8 Å². The van der Waals surface area contributed by atoms with Gasteiger partial charge in [0.15, 0.2) is 0 Å². The molecule has 2 aromatic rings. The summed E-state index contributed by atoms with van der Waals surface area (Å²) >= 11 is 0. The third-order valence-corrected chi connectivity index (χ3v) is 6.43. The van der Waals surface area contributed by atoms with Crippen molar-refractivity contribution < 1.29 is 35.3 Å². The van der Waals surface area contributed by atoms with Crippen LogP contribution in [0.5, 0.6) is 0 Å². The van der Waals surface area contributed by atoms with Crippen molar-refractivity contribution in [2.75, 3.05) is 12.3 Å². The molecule has 0 amide bonds. The molecule has 114 valence electrons. The summed E-state index contributed by atoms with van der Waals surface area (Å²) in [4.78, 5) is 0. The minimum absolute atomic E-state index is 0. The number of rotatable bonds is 2. The maximum Gasteiger partial charge on any atom is 4.00 e. The number of hydrogen-bond donors (Lipinski definition) is 0. The van der Waals surface area contributed by atoms with Crippen molar-refractivity contribution in [1.29, 1.82) is 0 Å². The molecule has 1 aliphatic heterocycles. The van der Waals surface area contributed by atoms with Crippen molar-refractivity contribution in [3.63, 3.8) is 0 Å². The van der Waals surface area contributed by atoms with E-state index in [1.807, 2.05) is 0 Å². The maximum atomic E-state index is 3.44. The molecule has 1 saturated heterocycles. The summed E-state index contributed by atoms with van der Waals surface area (Å²) in [6.45, 7) is 2.28. The Bertz CT molecular complexity index is 601. The first-order valence-electron chi connectivity index (χ1n) is 7.04. The van der Waals surface area contributed by atoms with Gasteiger partial charge in [-0.3, -0.25) is 6.08 Å². The van der Waals surface area contributed by atoms with Gasteiger partial charge < -0.3 is 9.41 Å². The van der Waals surface area contributed by atoms with Gasteiger partial charge in [-0.25, -0.2) is 0 Å². The summed E-state index contributed by atoms with van der Waals surface area (Å²) in [5, 5.41) is 4.28. The van der Waals surface area contributed by atoms with Crippen LogP contribution in [0.1, 0.15) is 19.8 Å². The Hall–Kier alpha value is -0.530. The van der Waals surface area contributed by atoms with Gasteiger partial charge >= 0.3 is 25.8 Å². The Kier molecular flexibility index (Phi) is 10.0. The van der Waals surface area contributed by atoms with Crippen LogP contribution < -0.4 is 9.41 Å². The van der Waals surface area contributed by atoms with Crippen molar-refractivity contribution in [3.8, 4) is 0 Å². The van der Waals surface area contributed by atoms with Gasteiger partial charge in [0.25, 0.3) is 0 Å². The smallest absolute Gasteiger partial charge is 1.00 e. The Morgan fingerprint density at radius 2 is 1.95 bits per heavy atom. The molecule has 1 fully saturated rings. The summed E-state index contributed by atoms with van der Waals surface area (Å²) in [7, 11) is 0.299. The zero-order valence-electron chi connectivity index (χ0n) is 12.7. The largest absolute Gasteiger partial charge is 4.00 e. The number of allylic oxidation sites excluding steroid dienone is 4. The maximum absolute atomic E-state index is 3.44. The van der Waals surface area contributed by atoms with E-state index >= 15 is 0 Å². The van der Waals surface area contributed by atoms with Gasteiger partial charge in [-0.2, -0.15) is 34.5 Å². The fraction of sp³-hybridized carbons (Fsp3) is 0.278. The molecule has 22 heavy (non-hydrogen) atoms. The van der Waals surface area contributed by atoms with Crippen molar-refractivity contribution in [2.24, 2.45) is 0 Å². The molecule has 4 heteroatoms. The van der Waals surface area contributed by atoms with Crippen molar-refractivity contribution in [3.05, 3.63) is 65.5 Å². The van der Waals surface area contributed by atoms with Crippen LogP contribution in [0.3, 0.4) is 0 Å². The molecule has 2 aliphatic rings. The van der Waals surface area contributed by atoms with Crippen molar-refractivity contribution in [1.82, 2.24) is 0 Å². The Morgan fingerprint density at radius 1 is 1.18 bits per heavy atom. The number of hydrogen-bond acceptors (Lipinski definition) is 0. The van der Waals surface area contributed by atoms with Crippen molar-refractivity contribution >= 4 is 18.7 Å². The van der Waals surface area contributed by atoms with Crippen molar-refractivity contribution in [2.45, 2.75) is 19.8 Å². The van der Waals surface area contributed by atoms with E-state index in [4.69, 9.17) is 0 Å². The Morgan fingerprint density at radius 3 is 2.64 bits per heavy atom. The average molecular weight is 483 g/mol. The predicted octanol–water partition coefficient (Wildman–Crippen LogP) is -0.527. The second kappa shape index (κ2) is 10.3. The second-order valence-corrected chi connectivity index (χ2v) is 7.33. The molecule has 0 spiro atoms. The quantitative estimate of drug-likeness (QED) is 0.307. The van der Waals surface area contributed by atoms with Gasteiger partial charge in [0.1, 0.15) is 0 Å². The van der Waals surface area contributed by atoms with E-state index in [1.54, 1.807) is 10.9 Å². The predicted molar refractivity (Wildman–Crippen MR) is 85.9 cm³/mol. The molecule has 2 aromatic carbocycles. The first-order chi connectivity index (χ1) is 9.38. The minimum Gasteiger partial charge on any atom is -1.00 e. The van der Waals surface area contributed by atoms with Crippen LogP contribution >= 0.6 is 7.92 Å². The fourth-order valence-electron chi connectivity index (χ4n) is 2.66. The molecule has 0 saturated carbocycles. The third kappa shape index (κ3) is 4.73. The Balaban J connectivity index is 0.000000354. The molecule has 1 aliphatic carbocycles. The summed E-state index contributed by atoms with van der Waals surface area (Å²) in [6.07, 6.45) is 11.1. The minimum atomic E-state index is 0. The molecule has 1 heterocycles. The number of halogens is 2. The Labute approximate surface area is 151 Å². The van der Waals surface area contributed by atoms with Crippen LogP contribution in [0, 0.1) is 6.08 Å². The molecule has 0 radical (unpaired) electrons. The first-order valence-corrected chi connectivity index (χ1v) is 8.75.